The summed E-state index contributed by atoms with van der Waals surface area (Å²) in [7, 11) is 0. The van der Waals surface area contributed by atoms with E-state index < -0.39 is 11.6 Å². The first-order valence-electron chi connectivity index (χ1n) is 11.1. The first kappa shape index (κ1) is 22.6. The fourth-order valence-electron chi connectivity index (χ4n) is 3.78. The Labute approximate surface area is 200 Å². The summed E-state index contributed by atoms with van der Waals surface area (Å²) in [5.74, 6) is -0.222. The van der Waals surface area contributed by atoms with E-state index in [0.717, 1.165) is 19.1 Å². The van der Waals surface area contributed by atoms with Crippen LogP contribution in [-0.2, 0) is 24.3 Å². The fourth-order valence-corrected chi connectivity index (χ4v) is 3.78. The van der Waals surface area contributed by atoms with Gasteiger partial charge in [0.05, 0.1) is 29.6 Å². The van der Waals surface area contributed by atoms with Crippen LogP contribution in [0.4, 0.5) is 8.78 Å². The number of hydrogen-bond acceptors (Lipinski definition) is 6. The van der Waals surface area contributed by atoms with Crippen molar-refractivity contribution in [2.24, 2.45) is 0 Å². The summed E-state index contributed by atoms with van der Waals surface area (Å²) in [5, 5.41) is 8.86. The summed E-state index contributed by atoms with van der Waals surface area (Å²) >= 11 is 0. The summed E-state index contributed by atoms with van der Waals surface area (Å²) in [6.45, 7) is 1.52. The molecule has 1 atom stereocenters. The second-order valence-corrected chi connectivity index (χ2v) is 8.18. The summed E-state index contributed by atoms with van der Waals surface area (Å²) < 4.78 is 43.1. The molecule has 3 aromatic heterocycles. The minimum Gasteiger partial charge on any atom is -0.471 e. The predicted octanol–water partition coefficient (Wildman–Crippen LogP) is 4.45. The lowest BCUT2D eigenvalue weighted by Gasteiger charge is -2.27. The Kier molecular flexibility index (Phi) is 6.46. The van der Waals surface area contributed by atoms with Crippen LogP contribution in [0.2, 0.25) is 0 Å². The quantitative estimate of drug-likeness (QED) is 0.376. The maximum absolute atomic E-state index is 15.0. The van der Waals surface area contributed by atoms with Crippen LogP contribution in [0.25, 0.3) is 11.3 Å². The van der Waals surface area contributed by atoms with Crippen molar-refractivity contribution < 1.29 is 18.3 Å². The lowest BCUT2D eigenvalue weighted by atomic mass is 10.0. The number of pyridine rings is 2. The molecule has 0 aliphatic carbocycles. The fraction of sp³-hybridized carbons (Fsp3) is 0.231. The van der Waals surface area contributed by atoms with Gasteiger partial charge in [0.15, 0.2) is 0 Å². The molecule has 0 unspecified atom stereocenters. The van der Waals surface area contributed by atoms with Crippen LogP contribution in [-0.4, -0.2) is 32.2 Å². The maximum Gasteiger partial charge on any atom is 0.214 e. The zero-order valence-electron chi connectivity index (χ0n) is 18.7. The van der Waals surface area contributed by atoms with E-state index in [2.05, 4.69) is 15.0 Å². The second-order valence-electron chi connectivity index (χ2n) is 8.18. The Hall–Kier alpha value is -4.16. The van der Waals surface area contributed by atoms with E-state index in [4.69, 9.17) is 14.7 Å². The van der Waals surface area contributed by atoms with Crippen molar-refractivity contribution in [1.29, 1.82) is 5.26 Å². The lowest BCUT2D eigenvalue weighted by Crippen LogP contribution is -2.31. The molecule has 1 aliphatic rings. The van der Waals surface area contributed by atoms with Crippen LogP contribution in [0.3, 0.4) is 0 Å². The van der Waals surface area contributed by atoms with Crippen molar-refractivity contribution in [1.82, 2.24) is 19.5 Å². The van der Waals surface area contributed by atoms with Crippen molar-refractivity contribution in [2.45, 2.75) is 32.1 Å². The molecule has 176 valence electrons. The van der Waals surface area contributed by atoms with Crippen molar-refractivity contribution in [3.8, 4) is 23.2 Å². The van der Waals surface area contributed by atoms with Crippen molar-refractivity contribution in [3.05, 3.63) is 95.3 Å². The average molecular weight is 473 g/mol. The Balaban J connectivity index is 1.31. The standard InChI is InChI=1S/C26H21F2N5O2/c27-22-12-21(23(28)10-18(22)11-25-30-7-8-33(25)15-20-6-9-34-20)24-2-1-3-26(32-24)35-16-19-5-4-17(13-29)14-31-19/h1-5,7-8,10,12,14,20H,6,9,11,15-16H2/t20-/m0/s1. The molecular weight excluding hydrogens is 452 g/mol. The minimum atomic E-state index is -0.583. The largest absolute Gasteiger partial charge is 0.471 e. The topological polar surface area (TPSA) is 85.8 Å². The molecule has 7 nitrogen and oxygen atoms in total. The number of nitriles is 1. The number of hydrogen-bond donors (Lipinski definition) is 0. The molecule has 35 heavy (non-hydrogen) atoms. The van der Waals surface area contributed by atoms with E-state index in [1.807, 2.05) is 16.8 Å². The number of imidazole rings is 1. The minimum absolute atomic E-state index is 0.0411. The van der Waals surface area contributed by atoms with Gasteiger partial charge in [-0.1, -0.05) is 6.07 Å². The third-order valence-corrected chi connectivity index (χ3v) is 5.80. The molecule has 4 aromatic rings. The van der Waals surface area contributed by atoms with Gasteiger partial charge in [-0.15, -0.1) is 0 Å². The number of nitrogens with zero attached hydrogens (tertiary/aromatic N) is 5. The van der Waals surface area contributed by atoms with Gasteiger partial charge in [-0.2, -0.15) is 5.26 Å². The highest BCUT2D eigenvalue weighted by molar-refractivity contribution is 5.61. The van der Waals surface area contributed by atoms with Gasteiger partial charge in [-0.05, 0) is 42.3 Å². The van der Waals surface area contributed by atoms with Crippen LogP contribution in [0.5, 0.6) is 5.88 Å². The van der Waals surface area contributed by atoms with Crippen molar-refractivity contribution >= 4 is 0 Å². The zero-order chi connectivity index (χ0) is 24.2. The van der Waals surface area contributed by atoms with Gasteiger partial charge in [-0.3, -0.25) is 4.98 Å². The van der Waals surface area contributed by atoms with Crippen molar-refractivity contribution in [2.75, 3.05) is 6.61 Å². The first-order valence-corrected chi connectivity index (χ1v) is 11.1. The van der Waals surface area contributed by atoms with Crippen LogP contribution >= 0.6 is 0 Å². The molecule has 0 saturated carbocycles. The Morgan fingerprint density at radius 1 is 1.14 bits per heavy atom. The molecule has 1 fully saturated rings. The molecule has 1 aromatic carbocycles. The summed E-state index contributed by atoms with van der Waals surface area (Å²) in [6.07, 6.45) is 6.21. The van der Waals surface area contributed by atoms with Crippen LogP contribution in [0.15, 0.2) is 61.1 Å². The number of rotatable bonds is 8. The van der Waals surface area contributed by atoms with Crippen LogP contribution < -0.4 is 4.74 Å². The molecule has 4 heterocycles. The van der Waals surface area contributed by atoms with Gasteiger partial charge in [0, 0.05) is 43.2 Å². The monoisotopic (exact) mass is 473 g/mol. The van der Waals surface area contributed by atoms with Gasteiger partial charge in [-0.25, -0.2) is 18.7 Å². The van der Waals surface area contributed by atoms with Gasteiger partial charge in [0.25, 0.3) is 0 Å². The van der Waals surface area contributed by atoms with E-state index in [1.165, 1.54) is 12.3 Å². The number of ether oxygens (including phenoxy) is 2. The number of halogens is 2. The highest BCUT2D eigenvalue weighted by Gasteiger charge is 2.21. The van der Waals surface area contributed by atoms with Crippen molar-refractivity contribution in [3.63, 3.8) is 0 Å². The Morgan fingerprint density at radius 2 is 2.03 bits per heavy atom. The van der Waals surface area contributed by atoms with Gasteiger partial charge in [0.2, 0.25) is 5.88 Å². The average Bonchev–Trinajstić information content (AvgIpc) is 3.29. The highest BCUT2D eigenvalue weighted by atomic mass is 19.1. The molecule has 9 heteroatoms. The van der Waals surface area contributed by atoms with E-state index in [1.54, 1.807) is 36.5 Å². The van der Waals surface area contributed by atoms with E-state index in [9.17, 15) is 4.39 Å². The van der Waals surface area contributed by atoms with E-state index >= 15 is 4.39 Å². The molecule has 5 rings (SSSR count). The molecule has 0 bridgehead atoms. The van der Waals surface area contributed by atoms with Gasteiger partial charge in [0.1, 0.15) is 30.1 Å². The van der Waals surface area contributed by atoms with Gasteiger partial charge < -0.3 is 14.0 Å². The summed E-state index contributed by atoms with van der Waals surface area (Å²) in [6, 6.07) is 12.6. The van der Waals surface area contributed by atoms with E-state index in [0.29, 0.717) is 23.6 Å². The normalized spacial score (nSPS) is 14.8. The highest BCUT2D eigenvalue weighted by Crippen LogP contribution is 2.27. The molecular formula is C26H21F2N5O2. The van der Waals surface area contributed by atoms with Gasteiger partial charge >= 0.3 is 0 Å². The van der Waals surface area contributed by atoms with Crippen LogP contribution in [0.1, 0.15) is 29.1 Å². The maximum atomic E-state index is 15.0. The summed E-state index contributed by atoms with van der Waals surface area (Å²) in [4.78, 5) is 12.8. The molecule has 0 radical (unpaired) electrons. The molecule has 1 saturated heterocycles. The number of benzene rings is 1. The summed E-state index contributed by atoms with van der Waals surface area (Å²) in [5.41, 5.74) is 1.57. The molecule has 0 amide bonds. The van der Waals surface area contributed by atoms with E-state index in [-0.39, 0.29) is 41.8 Å². The third kappa shape index (κ3) is 5.18. The Morgan fingerprint density at radius 3 is 2.77 bits per heavy atom. The first-order chi connectivity index (χ1) is 17.1. The molecule has 0 N–H and O–H groups in total. The SMILES string of the molecule is N#Cc1ccc(COc2cccc(-c3cc(F)c(Cc4nccn4C[C@@H]4CCO4)cc3F)n2)nc1. The number of aromatic nitrogens is 4. The second kappa shape index (κ2) is 9.99. The molecule has 1 aliphatic heterocycles. The predicted molar refractivity (Wildman–Crippen MR) is 122 cm³/mol. The van der Waals surface area contributed by atoms with Crippen LogP contribution in [0, 0.1) is 23.0 Å². The smallest absolute Gasteiger partial charge is 0.214 e. The Bertz CT molecular complexity index is 1380. The lowest BCUT2D eigenvalue weighted by molar-refractivity contribution is -0.0595. The third-order valence-electron chi connectivity index (χ3n) is 5.80. The molecule has 0 spiro atoms. The zero-order valence-corrected chi connectivity index (χ0v) is 18.7.